The van der Waals surface area contributed by atoms with Gasteiger partial charge < -0.3 is 9.11 Å². The first kappa shape index (κ1) is 26.7. The Balaban J connectivity index is 0.000000227. The minimum Gasteiger partial charge on any atom is -0.744 e. The molecule has 0 saturated heterocycles. The predicted molar refractivity (Wildman–Crippen MR) is 130 cm³/mol. The van der Waals surface area contributed by atoms with Crippen LogP contribution in [-0.4, -0.2) is 49.0 Å². The van der Waals surface area contributed by atoms with Crippen LogP contribution >= 0.6 is 0 Å². The van der Waals surface area contributed by atoms with Crippen LogP contribution in [0.5, 0.6) is 0 Å². The fourth-order valence-corrected chi connectivity index (χ4v) is 5.19. The van der Waals surface area contributed by atoms with Gasteiger partial charge >= 0.3 is 23.1 Å². The number of rotatable bonds is 4. The Labute approximate surface area is 208 Å². The quantitative estimate of drug-likeness (QED) is 0.309. The molecule has 164 valence electrons. The molecule has 6 nitrogen and oxygen atoms in total. The van der Waals surface area contributed by atoms with Gasteiger partial charge in [0.05, 0.1) is 9.79 Å². The van der Waals surface area contributed by atoms with Gasteiger partial charge in [0, 0.05) is 0 Å². The Hall–Kier alpha value is -2.53. The van der Waals surface area contributed by atoms with E-state index < -0.39 is 20.2 Å². The molecule has 0 fully saturated rings. The van der Waals surface area contributed by atoms with Crippen molar-refractivity contribution in [2.75, 3.05) is 0 Å². The molecule has 0 aliphatic carbocycles. The molecule has 0 aliphatic heterocycles. The van der Waals surface area contributed by atoms with E-state index in [9.17, 15) is 25.9 Å². The van der Waals surface area contributed by atoms with Gasteiger partial charge in [-0.1, -0.05) is 98.1 Å². The van der Waals surface area contributed by atoms with E-state index in [-0.39, 0.29) is 32.8 Å². The van der Waals surface area contributed by atoms with Crippen molar-refractivity contribution in [1.29, 1.82) is 0 Å². The molecule has 4 aromatic rings. The second-order valence-corrected chi connectivity index (χ2v) is 9.36. The summed E-state index contributed by atoms with van der Waals surface area (Å²) in [5.74, 6) is 0. The normalized spacial score (nSPS) is 11.2. The largest absolute Gasteiger partial charge is 2.00 e. The van der Waals surface area contributed by atoms with Gasteiger partial charge in [-0.3, -0.25) is 0 Å². The smallest absolute Gasteiger partial charge is 0.744 e. The first-order chi connectivity index (χ1) is 15.1. The number of hydrogen-bond acceptors (Lipinski definition) is 6. The third kappa shape index (κ3) is 5.88. The van der Waals surface area contributed by atoms with Crippen molar-refractivity contribution in [2.24, 2.45) is 0 Å². The average Bonchev–Trinajstić information content (AvgIpc) is 2.76. The van der Waals surface area contributed by atoms with Crippen molar-refractivity contribution in [1.82, 2.24) is 0 Å². The van der Waals surface area contributed by atoms with Crippen LogP contribution in [0, 0.1) is 0 Å². The molecule has 0 aromatic heterocycles. The maximum Gasteiger partial charge on any atom is 2.00 e. The van der Waals surface area contributed by atoms with E-state index in [4.69, 9.17) is 0 Å². The molecule has 0 saturated carbocycles. The van der Waals surface area contributed by atoms with Gasteiger partial charge in [-0.25, -0.2) is 16.8 Å². The van der Waals surface area contributed by atoms with Crippen LogP contribution in [0.2, 0.25) is 0 Å². The van der Waals surface area contributed by atoms with Gasteiger partial charge in [0.15, 0.2) is 0 Å². The first-order valence-corrected chi connectivity index (χ1v) is 12.1. The van der Waals surface area contributed by atoms with Gasteiger partial charge in [0.1, 0.15) is 20.2 Å². The summed E-state index contributed by atoms with van der Waals surface area (Å²) in [5, 5.41) is 2.33. The molecule has 0 bridgehead atoms. The summed E-state index contributed by atoms with van der Waals surface area (Å²) in [6.45, 7) is 7.02. The Morgan fingerprint density at radius 2 is 0.909 bits per heavy atom. The average molecular weight is 491 g/mol. The van der Waals surface area contributed by atoms with Crippen LogP contribution in [-0.2, 0) is 20.2 Å². The molecule has 4 rings (SSSR count). The standard InChI is InChI=1S/2C12H10O3S.Mg/c2*1-2-9-7-8-10-5-3-4-6-11(10)12(9)16(13,14)15;/h2*2-8H,1H2,(H,13,14,15);/q;;+2/p-2. The fraction of sp³-hybridized carbons (Fsp3) is 0. The molecule has 4 aromatic carbocycles. The molecule has 0 spiro atoms. The minimum absolute atomic E-state index is 0. The van der Waals surface area contributed by atoms with E-state index in [1.807, 2.05) is 0 Å². The van der Waals surface area contributed by atoms with E-state index >= 15 is 0 Å². The minimum atomic E-state index is -4.49. The van der Waals surface area contributed by atoms with E-state index in [1.54, 1.807) is 72.8 Å². The molecular formula is C24H18MgO6S2. The number of hydrogen-bond donors (Lipinski definition) is 0. The van der Waals surface area contributed by atoms with E-state index in [0.29, 0.717) is 21.9 Å². The zero-order valence-corrected chi connectivity index (χ0v) is 20.5. The van der Waals surface area contributed by atoms with Gasteiger partial charge in [-0.15, -0.1) is 0 Å². The van der Waals surface area contributed by atoms with Crippen molar-refractivity contribution in [3.05, 3.63) is 97.1 Å². The van der Waals surface area contributed by atoms with E-state index in [1.165, 1.54) is 12.2 Å². The van der Waals surface area contributed by atoms with Crippen molar-refractivity contribution in [3.8, 4) is 0 Å². The third-order valence-electron chi connectivity index (χ3n) is 4.76. The molecule has 33 heavy (non-hydrogen) atoms. The van der Waals surface area contributed by atoms with Crippen molar-refractivity contribution in [2.45, 2.75) is 9.79 Å². The van der Waals surface area contributed by atoms with Crippen molar-refractivity contribution in [3.63, 3.8) is 0 Å². The molecule has 0 heterocycles. The summed E-state index contributed by atoms with van der Waals surface area (Å²) in [7, 11) is -8.99. The van der Waals surface area contributed by atoms with Crippen LogP contribution in [0.4, 0.5) is 0 Å². The molecular weight excluding hydrogens is 473 g/mol. The SMILES string of the molecule is C=Cc1ccc2ccccc2c1S(=O)(=O)[O-].C=Cc1ccc2ccccc2c1S(=O)(=O)[O-].[Mg+2]. The monoisotopic (exact) mass is 490 g/mol. The molecule has 0 N–H and O–H groups in total. The Morgan fingerprint density at radius 1 is 0.576 bits per heavy atom. The van der Waals surface area contributed by atoms with Crippen molar-refractivity contribution >= 4 is 77.0 Å². The zero-order valence-electron chi connectivity index (χ0n) is 17.5. The molecule has 0 unspecified atom stereocenters. The van der Waals surface area contributed by atoms with Gasteiger partial charge in [-0.05, 0) is 32.7 Å². The van der Waals surface area contributed by atoms with Crippen LogP contribution < -0.4 is 0 Å². The van der Waals surface area contributed by atoms with Crippen LogP contribution in [0.1, 0.15) is 11.1 Å². The second kappa shape index (κ2) is 10.6. The van der Waals surface area contributed by atoms with E-state index in [0.717, 1.165) is 10.8 Å². The van der Waals surface area contributed by atoms with Crippen molar-refractivity contribution < 1.29 is 25.9 Å². The summed E-state index contributed by atoms with van der Waals surface area (Å²) in [6, 6.07) is 20.4. The molecule has 9 heteroatoms. The maximum absolute atomic E-state index is 11.2. The first-order valence-electron chi connectivity index (χ1n) is 9.28. The molecule has 0 aliphatic rings. The fourth-order valence-electron chi connectivity index (χ4n) is 3.40. The number of fused-ring (bicyclic) bond motifs is 2. The summed E-state index contributed by atoms with van der Waals surface area (Å²) >= 11 is 0. The Morgan fingerprint density at radius 3 is 1.21 bits per heavy atom. The topological polar surface area (TPSA) is 114 Å². The number of benzene rings is 4. The second-order valence-electron chi connectivity index (χ2n) is 6.73. The third-order valence-corrected chi connectivity index (χ3v) is 6.67. The zero-order chi connectivity index (χ0) is 23.5. The van der Waals surface area contributed by atoms with Crippen LogP contribution in [0.3, 0.4) is 0 Å². The Kier molecular flexibility index (Phi) is 8.58. The summed E-state index contributed by atoms with van der Waals surface area (Å²) in [5.41, 5.74) is 0.683. The predicted octanol–water partition coefficient (Wildman–Crippen LogP) is 4.39. The summed E-state index contributed by atoms with van der Waals surface area (Å²) in [4.78, 5) is -0.388. The summed E-state index contributed by atoms with van der Waals surface area (Å²) < 4.78 is 67.3. The molecule has 0 radical (unpaired) electrons. The van der Waals surface area contributed by atoms with Gasteiger partial charge in [-0.2, -0.15) is 0 Å². The van der Waals surface area contributed by atoms with Crippen LogP contribution in [0.25, 0.3) is 33.7 Å². The molecule has 0 atom stereocenters. The van der Waals surface area contributed by atoms with Crippen LogP contribution in [0.15, 0.2) is 95.7 Å². The maximum atomic E-state index is 11.2. The molecule has 0 amide bonds. The summed E-state index contributed by atoms with van der Waals surface area (Å²) in [6.07, 6.45) is 2.74. The van der Waals surface area contributed by atoms with Gasteiger partial charge in [0.2, 0.25) is 0 Å². The van der Waals surface area contributed by atoms with E-state index in [2.05, 4.69) is 13.2 Å². The van der Waals surface area contributed by atoms with Gasteiger partial charge in [0.25, 0.3) is 0 Å². The Bertz CT molecular complexity index is 1440.